The summed E-state index contributed by atoms with van der Waals surface area (Å²) in [4.78, 5) is 8.42. The van der Waals surface area contributed by atoms with Gasteiger partial charge in [0.1, 0.15) is 10.8 Å². The molecule has 3 nitrogen and oxygen atoms in total. The molecule has 2 rings (SSSR count). The van der Waals surface area contributed by atoms with Gasteiger partial charge in [0.2, 0.25) is 0 Å². The zero-order chi connectivity index (χ0) is 10.5. The van der Waals surface area contributed by atoms with Crippen LogP contribution in [-0.4, -0.2) is 10.8 Å². The first kappa shape index (κ1) is 9.86. The number of nitrogens with zero attached hydrogens (tertiary/aromatic N) is 2. The topological polar surface area (TPSA) is 51.3 Å². The Hall–Kier alpha value is -1.68. The van der Waals surface area contributed by atoms with Crippen molar-refractivity contribution in [1.29, 1.82) is 0 Å². The van der Waals surface area contributed by atoms with E-state index in [1.807, 2.05) is 35.7 Å². The maximum absolute atomic E-state index is 5.84. The second kappa shape index (κ2) is 4.70. The van der Waals surface area contributed by atoms with Gasteiger partial charge in [-0.15, -0.1) is 11.3 Å². The molecular formula is C11H11N3S. The van der Waals surface area contributed by atoms with E-state index in [0.29, 0.717) is 12.4 Å². The lowest BCUT2D eigenvalue weighted by Crippen LogP contribution is -2.13. The summed E-state index contributed by atoms with van der Waals surface area (Å²) in [5, 5.41) is 2.91. The monoisotopic (exact) mass is 217 g/mol. The van der Waals surface area contributed by atoms with Crippen molar-refractivity contribution >= 4 is 17.2 Å². The molecule has 0 unspecified atom stereocenters. The maximum Gasteiger partial charge on any atom is 0.126 e. The van der Waals surface area contributed by atoms with Gasteiger partial charge in [-0.2, -0.15) is 0 Å². The summed E-state index contributed by atoms with van der Waals surface area (Å²) < 4.78 is 0. The highest BCUT2D eigenvalue weighted by molar-refractivity contribution is 7.09. The lowest BCUT2D eigenvalue weighted by molar-refractivity contribution is 1.03. The lowest BCUT2D eigenvalue weighted by atomic mass is 10.2. The van der Waals surface area contributed by atoms with Crippen molar-refractivity contribution in [3.8, 4) is 0 Å². The summed E-state index contributed by atoms with van der Waals surface area (Å²) in [7, 11) is 0. The van der Waals surface area contributed by atoms with Crippen LogP contribution in [0.5, 0.6) is 0 Å². The fourth-order valence-electron chi connectivity index (χ4n) is 1.18. The minimum Gasteiger partial charge on any atom is -0.383 e. The minimum atomic E-state index is 0.554. The number of rotatable bonds is 3. The molecule has 2 N–H and O–H groups in total. The molecule has 0 atom stereocenters. The first-order chi connectivity index (χ1) is 7.36. The van der Waals surface area contributed by atoms with Crippen molar-refractivity contribution in [2.45, 2.75) is 6.54 Å². The number of thiazole rings is 1. The zero-order valence-corrected chi connectivity index (χ0v) is 8.95. The number of benzene rings is 1. The van der Waals surface area contributed by atoms with Crippen LogP contribution in [-0.2, 0) is 6.54 Å². The molecule has 0 saturated heterocycles. The SMILES string of the molecule is NC(=NCc1nccs1)c1ccccc1. The fraction of sp³-hybridized carbons (Fsp3) is 0.0909. The first-order valence-electron chi connectivity index (χ1n) is 4.60. The molecule has 0 saturated carbocycles. The van der Waals surface area contributed by atoms with Gasteiger partial charge in [0, 0.05) is 17.1 Å². The molecule has 0 fully saturated rings. The smallest absolute Gasteiger partial charge is 0.126 e. The molecule has 15 heavy (non-hydrogen) atoms. The highest BCUT2D eigenvalue weighted by atomic mass is 32.1. The van der Waals surface area contributed by atoms with Crippen molar-refractivity contribution in [3.05, 3.63) is 52.5 Å². The normalized spacial score (nSPS) is 11.6. The van der Waals surface area contributed by atoms with E-state index in [1.54, 1.807) is 17.5 Å². The minimum absolute atomic E-state index is 0.554. The van der Waals surface area contributed by atoms with Crippen LogP contribution in [0.2, 0.25) is 0 Å². The van der Waals surface area contributed by atoms with Gasteiger partial charge in [-0.25, -0.2) is 4.98 Å². The van der Waals surface area contributed by atoms with Crippen LogP contribution in [0.1, 0.15) is 10.6 Å². The first-order valence-corrected chi connectivity index (χ1v) is 5.48. The van der Waals surface area contributed by atoms with E-state index in [4.69, 9.17) is 5.73 Å². The van der Waals surface area contributed by atoms with Crippen molar-refractivity contribution < 1.29 is 0 Å². The largest absolute Gasteiger partial charge is 0.383 e. The van der Waals surface area contributed by atoms with Crippen molar-refractivity contribution in [3.63, 3.8) is 0 Å². The zero-order valence-electron chi connectivity index (χ0n) is 8.13. The molecule has 0 aliphatic carbocycles. The van der Waals surface area contributed by atoms with Gasteiger partial charge >= 0.3 is 0 Å². The van der Waals surface area contributed by atoms with E-state index in [0.717, 1.165) is 10.6 Å². The molecule has 0 bridgehead atoms. The second-order valence-corrected chi connectivity index (χ2v) is 3.97. The summed E-state index contributed by atoms with van der Waals surface area (Å²) >= 11 is 1.59. The van der Waals surface area contributed by atoms with E-state index >= 15 is 0 Å². The quantitative estimate of drug-likeness (QED) is 0.632. The van der Waals surface area contributed by atoms with Gasteiger partial charge in [-0.3, -0.25) is 4.99 Å². The predicted octanol–water partition coefficient (Wildman–Crippen LogP) is 2.05. The number of hydrogen-bond acceptors (Lipinski definition) is 3. The Morgan fingerprint density at radius 2 is 2.13 bits per heavy atom. The third kappa shape index (κ3) is 2.63. The Morgan fingerprint density at radius 3 is 2.80 bits per heavy atom. The molecule has 1 aromatic heterocycles. The van der Waals surface area contributed by atoms with Crippen LogP contribution in [0.4, 0.5) is 0 Å². The molecule has 76 valence electrons. The average Bonchev–Trinajstić information content (AvgIpc) is 2.80. The number of amidine groups is 1. The highest BCUT2D eigenvalue weighted by Crippen LogP contribution is 2.06. The Morgan fingerprint density at radius 1 is 1.33 bits per heavy atom. The molecule has 0 radical (unpaired) electrons. The van der Waals surface area contributed by atoms with Gasteiger partial charge in [0.25, 0.3) is 0 Å². The Balaban J connectivity index is 2.08. The van der Waals surface area contributed by atoms with Crippen LogP contribution in [0, 0.1) is 0 Å². The summed E-state index contributed by atoms with van der Waals surface area (Å²) in [5.41, 5.74) is 6.79. The molecule has 1 heterocycles. The third-order valence-corrected chi connectivity index (χ3v) is 2.70. The molecule has 0 spiro atoms. The molecule has 1 aromatic carbocycles. The summed E-state index contributed by atoms with van der Waals surface area (Å²) in [6.45, 7) is 0.554. The van der Waals surface area contributed by atoms with Gasteiger partial charge in [-0.05, 0) is 0 Å². The average molecular weight is 217 g/mol. The number of aliphatic imine (C=N–C) groups is 1. The predicted molar refractivity (Wildman–Crippen MR) is 63.0 cm³/mol. The van der Waals surface area contributed by atoms with Crippen LogP contribution in [0.25, 0.3) is 0 Å². The Labute approximate surface area is 92.3 Å². The van der Waals surface area contributed by atoms with Crippen LogP contribution in [0.15, 0.2) is 46.9 Å². The van der Waals surface area contributed by atoms with E-state index in [-0.39, 0.29) is 0 Å². The number of hydrogen-bond donors (Lipinski definition) is 1. The molecular weight excluding hydrogens is 206 g/mol. The van der Waals surface area contributed by atoms with Gasteiger partial charge in [-0.1, -0.05) is 30.3 Å². The number of nitrogens with two attached hydrogens (primary N) is 1. The Bertz CT molecular complexity index is 434. The van der Waals surface area contributed by atoms with E-state index in [9.17, 15) is 0 Å². The standard InChI is InChI=1S/C11H11N3S/c12-11(9-4-2-1-3-5-9)14-8-10-13-6-7-15-10/h1-7H,8H2,(H2,12,14). The molecule has 0 aliphatic heterocycles. The van der Waals surface area contributed by atoms with Gasteiger partial charge in [0.05, 0.1) is 6.54 Å². The van der Waals surface area contributed by atoms with Gasteiger partial charge in [0.15, 0.2) is 0 Å². The van der Waals surface area contributed by atoms with Crippen LogP contribution < -0.4 is 5.73 Å². The van der Waals surface area contributed by atoms with E-state index < -0.39 is 0 Å². The third-order valence-electron chi connectivity index (χ3n) is 1.94. The maximum atomic E-state index is 5.84. The van der Waals surface area contributed by atoms with Crippen molar-refractivity contribution in [2.75, 3.05) is 0 Å². The summed E-state index contributed by atoms with van der Waals surface area (Å²) in [6.07, 6.45) is 1.77. The van der Waals surface area contributed by atoms with Crippen molar-refractivity contribution in [2.24, 2.45) is 10.7 Å². The summed E-state index contributed by atoms with van der Waals surface area (Å²) in [5.74, 6) is 0.561. The van der Waals surface area contributed by atoms with E-state index in [2.05, 4.69) is 9.98 Å². The fourth-order valence-corrected chi connectivity index (χ4v) is 1.72. The number of aromatic nitrogens is 1. The highest BCUT2D eigenvalue weighted by Gasteiger charge is 1.97. The molecule has 2 aromatic rings. The van der Waals surface area contributed by atoms with Crippen LogP contribution in [0.3, 0.4) is 0 Å². The van der Waals surface area contributed by atoms with Crippen molar-refractivity contribution in [1.82, 2.24) is 4.98 Å². The van der Waals surface area contributed by atoms with Crippen LogP contribution >= 0.6 is 11.3 Å². The lowest BCUT2D eigenvalue weighted by Gasteiger charge is -1.98. The molecule has 0 amide bonds. The second-order valence-electron chi connectivity index (χ2n) is 2.99. The molecule has 0 aliphatic rings. The van der Waals surface area contributed by atoms with E-state index in [1.165, 1.54) is 0 Å². The summed E-state index contributed by atoms with van der Waals surface area (Å²) in [6, 6.07) is 9.74. The van der Waals surface area contributed by atoms with Gasteiger partial charge < -0.3 is 5.73 Å². The molecule has 4 heteroatoms. The Kier molecular flexibility index (Phi) is 3.09.